The number of amides is 3. The van der Waals surface area contributed by atoms with Crippen LogP contribution in [0.3, 0.4) is 0 Å². The fourth-order valence-electron chi connectivity index (χ4n) is 4.65. The van der Waals surface area contributed by atoms with Gasteiger partial charge in [-0.3, -0.25) is 19.0 Å². The van der Waals surface area contributed by atoms with Gasteiger partial charge in [0.15, 0.2) is 24.7 Å². The normalized spacial score (nSPS) is 12.6. The zero-order chi connectivity index (χ0) is 36.8. The van der Waals surface area contributed by atoms with Gasteiger partial charge in [0.2, 0.25) is 17.6 Å². The third-order valence-electron chi connectivity index (χ3n) is 8.42. The monoisotopic (exact) mass is 722 g/mol. The highest BCUT2D eigenvalue weighted by Crippen LogP contribution is 2.37. The predicted octanol–water partition coefficient (Wildman–Crippen LogP) is 4.94. The lowest BCUT2D eigenvalue weighted by molar-refractivity contribution is 0.0966. The topological polar surface area (TPSA) is 216 Å². The number of benzene rings is 1. The highest BCUT2D eigenvalue weighted by Gasteiger charge is 2.36. The first kappa shape index (κ1) is 38.0. The van der Waals surface area contributed by atoms with E-state index in [4.69, 9.17) is 30.8 Å². The fraction of sp³-hybridized carbons (Fsp3) is 0.412. The van der Waals surface area contributed by atoms with Gasteiger partial charge < -0.3 is 36.1 Å². The Morgan fingerprint density at radius 2 is 1.82 bits per heavy atom. The highest BCUT2D eigenvalue weighted by molar-refractivity contribution is 7.16. The van der Waals surface area contributed by atoms with Crippen molar-refractivity contribution in [1.29, 1.82) is 0 Å². The van der Waals surface area contributed by atoms with Gasteiger partial charge in [-0.1, -0.05) is 51.2 Å². The van der Waals surface area contributed by atoms with Crippen LogP contribution in [-0.4, -0.2) is 60.3 Å². The molecule has 0 fully saturated rings. The Morgan fingerprint density at radius 3 is 2.48 bits per heavy atom. The smallest absolute Gasteiger partial charge is 0.317 e. The number of primary amides is 2. The van der Waals surface area contributed by atoms with E-state index >= 15 is 0 Å². The molecule has 4 aromatic rings. The minimum atomic E-state index is -1.89. The molecular formula is C34H46N8O6SSi. The van der Waals surface area contributed by atoms with Gasteiger partial charge in [-0.15, -0.1) is 0 Å². The summed E-state index contributed by atoms with van der Waals surface area (Å²) in [5, 5.41) is 3.37. The number of hydrogen-bond acceptors (Lipinski definition) is 11. The number of carbonyl (C=O) groups is 3. The summed E-state index contributed by atoms with van der Waals surface area (Å²) in [7, 11) is -1.89. The van der Waals surface area contributed by atoms with Crippen LogP contribution in [0.15, 0.2) is 46.0 Å². The molecule has 3 amide bonds. The van der Waals surface area contributed by atoms with Crippen molar-refractivity contribution in [3.63, 3.8) is 0 Å². The molecule has 4 rings (SSSR count). The van der Waals surface area contributed by atoms with Crippen LogP contribution >= 0.6 is 11.3 Å². The largest absolute Gasteiger partial charge is 0.491 e. The van der Waals surface area contributed by atoms with Crippen molar-refractivity contribution in [2.75, 3.05) is 30.8 Å². The third kappa shape index (κ3) is 9.05. The van der Waals surface area contributed by atoms with Gasteiger partial charge in [-0.25, -0.2) is 9.97 Å². The van der Waals surface area contributed by atoms with Gasteiger partial charge in [0.1, 0.15) is 11.4 Å². The first-order valence-corrected chi connectivity index (χ1v) is 20.0. The van der Waals surface area contributed by atoms with Crippen LogP contribution in [0.1, 0.15) is 77.0 Å². The van der Waals surface area contributed by atoms with E-state index in [1.807, 2.05) is 19.1 Å². The molecular weight excluding hydrogens is 677 g/mol. The highest BCUT2D eigenvalue weighted by atomic mass is 32.1. The lowest BCUT2D eigenvalue weighted by Crippen LogP contribution is -2.41. The second kappa shape index (κ2) is 15.8. The predicted molar refractivity (Wildman–Crippen MR) is 197 cm³/mol. The summed E-state index contributed by atoms with van der Waals surface area (Å²) in [6, 6.07) is 4.70. The molecule has 14 nitrogen and oxygen atoms in total. The molecule has 16 heteroatoms. The van der Waals surface area contributed by atoms with Crippen molar-refractivity contribution in [1.82, 2.24) is 14.5 Å². The molecule has 0 aliphatic rings. The third-order valence-corrected chi connectivity index (χ3v) is 14.0. The number of aromatic nitrogens is 3. The zero-order valence-electron chi connectivity index (χ0n) is 29.6. The molecule has 0 atom stereocenters. The van der Waals surface area contributed by atoms with E-state index in [2.05, 4.69) is 54.1 Å². The molecule has 0 radical (unpaired) electrons. The van der Waals surface area contributed by atoms with Crippen LogP contribution in [0, 0.1) is 6.92 Å². The van der Waals surface area contributed by atoms with Crippen LogP contribution in [0.25, 0.3) is 10.3 Å². The van der Waals surface area contributed by atoms with Crippen LogP contribution in [-0.2, 0) is 17.4 Å². The molecule has 0 saturated carbocycles. The number of aryl methyl sites for hydroxylation is 2. The summed E-state index contributed by atoms with van der Waals surface area (Å²) < 4.78 is 20.3. The molecule has 50 heavy (non-hydrogen) atoms. The van der Waals surface area contributed by atoms with E-state index in [0.29, 0.717) is 83.0 Å². The van der Waals surface area contributed by atoms with E-state index in [0.717, 1.165) is 0 Å². The van der Waals surface area contributed by atoms with E-state index < -0.39 is 26.0 Å². The molecule has 0 bridgehead atoms. The summed E-state index contributed by atoms with van der Waals surface area (Å²) in [6.07, 6.45) is 6.29. The second-order valence-corrected chi connectivity index (χ2v) is 19.0. The van der Waals surface area contributed by atoms with Crippen LogP contribution in [0.2, 0.25) is 18.1 Å². The number of oxazole rings is 1. The summed E-state index contributed by atoms with van der Waals surface area (Å²) in [4.78, 5) is 50.4. The minimum absolute atomic E-state index is 0.0839. The summed E-state index contributed by atoms with van der Waals surface area (Å²) >= 11 is 1.20. The molecule has 7 N–H and O–H groups in total. The Hall–Kier alpha value is -4.80. The van der Waals surface area contributed by atoms with Gasteiger partial charge in [0, 0.05) is 44.8 Å². The maximum absolute atomic E-state index is 13.2. The standard InChI is InChI=1S/C34H46N8O6SSi/c1-8-24-28(48-20(2)40-24)32(45)41-33-42(31-26(49-33)18-22(19-39-31)30(37)44)13-10-9-12-38-27-23(35)16-21(29(36)43)17-25(27)46-14-11-15-47-50(6,7)34(3,4)5/h9-10,16-19,38H,8,11-15,35H2,1-7H3,(H2,36,43)(H2,37,44)/b10-9+,41-33-. The van der Waals surface area contributed by atoms with Gasteiger partial charge in [0.25, 0.3) is 0 Å². The van der Waals surface area contributed by atoms with E-state index in [1.165, 1.54) is 23.6 Å². The van der Waals surface area contributed by atoms with Gasteiger partial charge in [-0.2, -0.15) is 4.99 Å². The van der Waals surface area contributed by atoms with Crippen LogP contribution in [0.5, 0.6) is 5.75 Å². The number of ether oxygens (including phenoxy) is 1. The van der Waals surface area contributed by atoms with Crippen molar-refractivity contribution < 1.29 is 28.0 Å². The van der Waals surface area contributed by atoms with Gasteiger partial charge in [0.05, 0.1) is 28.3 Å². The number of fused-ring (bicyclic) bond motifs is 1. The van der Waals surface area contributed by atoms with Crippen molar-refractivity contribution in [3.8, 4) is 5.75 Å². The number of allylic oxidation sites excluding steroid dienone is 1. The average Bonchev–Trinajstić information content (AvgIpc) is 3.59. The first-order valence-electron chi connectivity index (χ1n) is 16.3. The number of pyridine rings is 1. The Kier molecular flexibility index (Phi) is 12.0. The summed E-state index contributed by atoms with van der Waals surface area (Å²) in [5.41, 5.74) is 19.7. The van der Waals surface area contributed by atoms with Crippen molar-refractivity contribution in [2.24, 2.45) is 16.5 Å². The summed E-state index contributed by atoms with van der Waals surface area (Å²) in [6.45, 7) is 16.1. The number of anilines is 2. The molecule has 0 unspecified atom stereocenters. The number of nitrogen functional groups attached to an aromatic ring is 1. The molecule has 1 aromatic carbocycles. The summed E-state index contributed by atoms with van der Waals surface area (Å²) in [5.74, 6) is -0.939. The second-order valence-electron chi connectivity index (χ2n) is 13.2. The average molecular weight is 723 g/mol. The lowest BCUT2D eigenvalue weighted by Gasteiger charge is -2.36. The first-order chi connectivity index (χ1) is 23.5. The van der Waals surface area contributed by atoms with Crippen molar-refractivity contribution >= 4 is 59.1 Å². The number of nitrogens with zero attached hydrogens (tertiary/aromatic N) is 4. The molecule has 3 aromatic heterocycles. The van der Waals surface area contributed by atoms with Crippen molar-refractivity contribution in [2.45, 2.75) is 72.1 Å². The number of carbonyl (C=O) groups excluding carboxylic acids is 3. The minimum Gasteiger partial charge on any atom is -0.491 e. The van der Waals surface area contributed by atoms with Gasteiger partial charge in [-0.05, 0) is 42.8 Å². The van der Waals surface area contributed by atoms with Crippen molar-refractivity contribution in [3.05, 3.63) is 69.8 Å². The SMILES string of the molecule is CCc1nc(C)oc1C(=O)/N=c1\sc2cc(C(N)=O)cnc2n1C/C=C/CNc1c(N)cc(C(N)=O)cc1OCCCO[Si](C)(C)C(C)(C)C. The number of thiazole rings is 1. The molecule has 268 valence electrons. The molecule has 3 heterocycles. The maximum atomic E-state index is 13.2. The Morgan fingerprint density at radius 1 is 1.10 bits per heavy atom. The molecule has 0 aliphatic carbocycles. The fourth-order valence-corrected chi connectivity index (χ4v) is 6.77. The number of nitrogens with two attached hydrogens (primary N) is 3. The van der Waals surface area contributed by atoms with Gasteiger partial charge >= 0.3 is 5.91 Å². The Balaban J connectivity index is 1.52. The lowest BCUT2D eigenvalue weighted by atomic mass is 10.1. The molecule has 0 aliphatic heterocycles. The van der Waals surface area contributed by atoms with E-state index in [1.54, 1.807) is 23.6 Å². The number of nitrogens with one attached hydrogen (secondary N) is 1. The molecule has 0 spiro atoms. The quantitative estimate of drug-likeness (QED) is 0.0561. The van der Waals surface area contributed by atoms with E-state index in [9.17, 15) is 14.4 Å². The van der Waals surface area contributed by atoms with Crippen LogP contribution < -0.4 is 32.1 Å². The number of rotatable bonds is 15. The van der Waals surface area contributed by atoms with E-state index in [-0.39, 0.29) is 21.9 Å². The number of hydrogen-bond donors (Lipinski definition) is 4. The Bertz CT molecular complexity index is 1990. The zero-order valence-corrected chi connectivity index (χ0v) is 31.4. The van der Waals surface area contributed by atoms with Crippen LogP contribution in [0.4, 0.5) is 11.4 Å². The molecule has 0 saturated heterocycles. The maximum Gasteiger partial charge on any atom is 0.317 e. The Labute approximate surface area is 295 Å².